The van der Waals surface area contributed by atoms with Crippen molar-refractivity contribution in [3.05, 3.63) is 65.4 Å². The Kier molecular flexibility index (Phi) is 4.61. The van der Waals surface area contributed by atoms with E-state index in [2.05, 4.69) is 20.8 Å². The van der Waals surface area contributed by atoms with E-state index in [4.69, 9.17) is 0 Å². The minimum absolute atomic E-state index is 0.189. The van der Waals surface area contributed by atoms with Gasteiger partial charge in [-0.1, -0.05) is 24.3 Å². The molecule has 0 saturated carbocycles. The standard InChI is InChI=1S/C19H18N4O2/c1-12-17(16-8-3-4-9-18(16)21-12)11-20-23-19(25)14-6-5-7-15(10-14)22-13(2)24/h3-11,21H,1-2H3,(H,22,24)(H,23,25). The molecule has 0 fully saturated rings. The SMILES string of the molecule is CC(=O)Nc1cccc(C(=O)NN=Cc2c(C)[nH]c3ccccc23)c1. The summed E-state index contributed by atoms with van der Waals surface area (Å²) in [7, 11) is 0. The fourth-order valence-corrected chi connectivity index (χ4v) is 2.63. The van der Waals surface area contributed by atoms with Crippen molar-refractivity contribution < 1.29 is 9.59 Å². The average Bonchev–Trinajstić information content (AvgIpc) is 2.90. The number of anilines is 1. The van der Waals surface area contributed by atoms with Crippen LogP contribution in [0, 0.1) is 6.92 Å². The molecule has 3 aromatic rings. The van der Waals surface area contributed by atoms with Crippen molar-refractivity contribution >= 4 is 34.6 Å². The van der Waals surface area contributed by atoms with Crippen LogP contribution in [0.15, 0.2) is 53.6 Å². The lowest BCUT2D eigenvalue weighted by atomic mass is 10.1. The minimum atomic E-state index is -0.346. The number of aryl methyl sites for hydroxylation is 1. The van der Waals surface area contributed by atoms with Crippen LogP contribution in [-0.4, -0.2) is 23.0 Å². The van der Waals surface area contributed by atoms with E-state index >= 15 is 0 Å². The van der Waals surface area contributed by atoms with Gasteiger partial charge in [0.15, 0.2) is 0 Å². The molecule has 0 atom stereocenters. The van der Waals surface area contributed by atoms with Crippen LogP contribution < -0.4 is 10.7 Å². The van der Waals surface area contributed by atoms with Gasteiger partial charge in [-0.25, -0.2) is 5.43 Å². The van der Waals surface area contributed by atoms with Crippen LogP contribution in [0.3, 0.4) is 0 Å². The Balaban J connectivity index is 1.74. The number of aromatic amines is 1. The Hall–Kier alpha value is -3.41. The molecule has 3 N–H and O–H groups in total. The molecule has 2 aromatic carbocycles. The Morgan fingerprint density at radius 2 is 1.92 bits per heavy atom. The zero-order valence-electron chi connectivity index (χ0n) is 14.0. The number of nitrogens with one attached hydrogen (secondary N) is 3. The Morgan fingerprint density at radius 3 is 2.72 bits per heavy atom. The van der Waals surface area contributed by atoms with Gasteiger partial charge in [0, 0.05) is 40.3 Å². The first-order chi connectivity index (χ1) is 12.0. The van der Waals surface area contributed by atoms with Crippen molar-refractivity contribution in [2.24, 2.45) is 5.10 Å². The van der Waals surface area contributed by atoms with Crippen molar-refractivity contribution in [3.8, 4) is 0 Å². The summed E-state index contributed by atoms with van der Waals surface area (Å²) < 4.78 is 0. The number of amides is 2. The van der Waals surface area contributed by atoms with Gasteiger partial charge in [0.2, 0.25) is 5.91 Å². The number of hydrogen-bond donors (Lipinski definition) is 3. The second-order valence-electron chi connectivity index (χ2n) is 5.67. The lowest BCUT2D eigenvalue weighted by molar-refractivity contribution is -0.114. The molecule has 2 amide bonds. The fourth-order valence-electron chi connectivity index (χ4n) is 2.63. The van der Waals surface area contributed by atoms with Crippen LogP contribution in [0.5, 0.6) is 0 Å². The highest BCUT2D eigenvalue weighted by atomic mass is 16.2. The van der Waals surface area contributed by atoms with Gasteiger partial charge in [0.1, 0.15) is 0 Å². The first kappa shape index (κ1) is 16.4. The first-order valence-electron chi connectivity index (χ1n) is 7.83. The summed E-state index contributed by atoms with van der Waals surface area (Å²) in [6.07, 6.45) is 1.63. The van der Waals surface area contributed by atoms with Crippen molar-refractivity contribution in [1.82, 2.24) is 10.4 Å². The van der Waals surface area contributed by atoms with E-state index in [1.165, 1.54) is 6.92 Å². The fraction of sp³-hybridized carbons (Fsp3) is 0.105. The second kappa shape index (κ2) is 7.00. The number of aromatic nitrogens is 1. The average molecular weight is 334 g/mol. The molecule has 0 saturated heterocycles. The van der Waals surface area contributed by atoms with E-state index in [0.29, 0.717) is 11.3 Å². The molecule has 6 heteroatoms. The van der Waals surface area contributed by atoms with Crippen molar-refractivity contribution in [1.29, 1.82) is 0 Å². The highest BCUT2D eigenvalue weighted by molar-refractivity contribution is 6.02. The van der Waals surface area contributed by atoms with Crippen LogP contribution in [0.2, 0.25) is 0 Å². The zero-order valence-corrected chi connectivity index (χ0v) is 14.0. The Morgan fingerprint density at radius 1 is 1.12 bits per heavy atom. The van der Waals surface area contributed by atoms with Gasteiger partial charge in [-0.2, -0.15) is 5.10 Å². The molecule has 0 spiro atoms. The van der Waals surface area contributed by atoms with Gasteiger partial charge in [-0.3, -0.25) is 9.59 Å². The molecule has 0 bridgehead atoms. The number of nitrogens with zero attached hydrogens (tertiary/aromatic N) is 1. The molecule has 0 aliphatic carbocycles. The molecule has 0 unspecified atom stereocenters. The molecule has 126 valence electrons. The third-order valence-corrected chi connectivity index (χ3v) is 3.75. The molecule has 6 nitrogen and oxygen atoms in total. The summed E-state index contributed by atoms with van der Waals surface area (Å²) in [5.41, 5.74) is 6.43. The predicted molar refractivity (Wildman–Crippen MR) is 98.8 cm³/mol. The number of para-hydroxylation sites is 1. The Bertz CT molecular complexity index is 972. The van der Waals surface area contributed by atoms with Gasteiger partial charge in [0.25, 0.3) is 5.91 Å². The number of carbonyl (C=O) groups is 2. The number of carbonyl (C=O) groups excluding carboxylic acids is 2. The highest BCUT2D eigenvalue weighted by Gasteiger charge is 2.07. The third kappa shape index (κ3) is 3.74. The van der Waals surface area contributed by atoms with E-state index in [1.807, 2.05) is 31.2 Å². The Labute approximate surface area is 144 Å². The second-order valence-corrected chi connectivity index (χ2v) is 5.67. The van der Waals surface area contributed by atoms with Gasteiger partial charge < -0.3 is 10.3 Å². The molecule has 0 radical (unpaired) electrons. The predicted octanol–water partition coefficient (Wildman–Crippen LogP) is 3.20. The smallest absolute Gasteiger partial charge is 0.271 e. The topological polar surface area (TPSA) is 86.3 Å². The zero-order chi connectivity index (χ0) is 17.8. The first-order valence-corrected chi connectivity index (χ1v) is 7.83. The summed E-state index contributed by atoms with van der Waals surface area (Å²) in [5.74, 6) is -0.536. The molecule has 0 aliphatic rings. The number of benzene rings is 2. The quantitative estimate of drug-likeness (QED) is 0.505. The van der Waals surface area contributed by atoms with Gasteiger partial charge in [-0.05, 0) is 31.2 Å². The van der Waals surface area contributed by atoms with Gasteiger partial charge in [-0.15, -0.1) is 0 Å². The lowest BCUT2D eigenvalue weighted by Gasteiger charge is -2.04. The van der Waals surface area contributed by atoms with Crippen molar-refractivity contribution in [2.45, 2.75) is 13.8 Å². The van der Waals surface area contributed by atoms with E-state index in [-0.39, 0.29) is 11.8 Å². The monoisotopic (exact) mass is 334 g/mol. The molecule has 1 aromatic heterocycles. The molecular formula is C19H18N4O2. The molecular weight excluding hydrogens is 316 g/mol. The van der Waals surface area contributed by atoms with Crippen LogP contribution >= 0.6 is 0 Å². The molecule has 25 heavy (non-hydrogen) atoms. The third-order valence-electron chi connectivity index (χ3n) is 3.75. The highest BCUT2D eigenvalue weighted by Crippen LogP contribution is 2.19. The number of H-pyrrole nitrogens is 1. The number of hydrazone groups is 1. The van der Waals surface area contributed by atoms with E-state index in [1.54, 1.807) is 30.5 Å². The van der Waals surface area contributed by atoms with E-state index in [0.717, 1.165) is 22.2 Å². The van der Waals surface area contributed by atoms with E-state index in [9.17, 15) is 9.59 Å². The summed E-state index contributed by atoms with van der Waals surface area (Å²) in [5, 5.41) is 7.75. The summed E-state index contributed by atoms with van der Waals surface area (Å²) >= 11 is 0. The van der Waals surface area contributed by atoms with Crippen LogP contribution in [0.4, 0.5) is 5.69 Å². The maximum absolute atomic E-state index is 12.2. The van der Waals surface area contributed by atoms with Crippen molar-refractivity contribution in [3.63, 3.8) is 0 Å². The normalized spacial score (nSPS) is 11.0. The molecule has 3 rings (SSSR count). The number of fused-ring (bicyclic) bond motifs is 1. The van der Waals surface area contributed by atoms with Crippen LogP contribution in [0.25, 0.3) is 10.9 Å². The van der Waals surface area contributed by atoms with E-state index < -0.39 is 0 Å². The van der Waals surface area contributed by atoms with Gasteiger partial charge in [0.05, 0.1) is 6.21 Å². The maximum atomic E-state index is 12.2. The molecule has 0 aliphatic heterocycles. The number of rotatable bonds is 4. The lowest BCUT2D eigenvalue weighted by Crippen LogP contribution is -2.18. The van der Waals surface area contributed by atoms with Gasteiger partial charge >= 0.3 is 0 Å². The summed E-state index contributed by atoms with van der Waals surface area (Å²) in [4.78, 5) is 26.6. The summed E-state index contributed by atoms with van der Waals surface area (Å²) in [6, 6.07) is 14.6. The summed E-state index contributed by atoms with van der Waals surface area (Å²) in [6.45, 7) is 3.38. The molecule has 1 heterocycles. The largest absolute Gasteiger partial charge is 0.358 e. The van der Waals surface area contributed by atoms with Crippen LogP contribution in [0.1, 0.15) is 28.5 Å². The maximum Gasteiger partial charge on any atom is 0.271 e. The minimum Gasteiger partial charge on any atom is -0.358 e. The van der Waals surface area contributed by atoms with Crippen LogP contribution in [-0.2, 0) is 4.79 Å². The number of hydrogen-bond acceptors (Lipinski definition) is 3. The van der Waals surface area contributed by atoms with Crippen molar-refractivity contribution in [2.75, 3.05) is 5.32 Å².